The van der Waals surface area contributed by atoms with Gasteiger partial charge in [-0.2, -0.15) is 5.10 Å². The van der Waals surface area contributed by atoms with Crippen LogP contribution in [-0.2, 0) is 16.1 Å². The Kier molecular flexibility index (Phi) is 9.16. The lowest BCUT2D eigenvalue weighted by atomic mass is 9.88. The van der Waals surface area contributed by atoms with Gasteiger partial charge < -0.3 is 9.47 Å². The molecule has 1 atom stereocenters. The van der Waals surface area contributed by atoms with Gasteiger partial charge in [-0.1, -0.05) is 66.7 Å². The summed E-state index contributed by atoms with van der Waals surface area (Å²) in [6.07, 6.45) is 0.0949. The van der Waals surface area contributed by atoms with E-state index in [4.69, 9.17) is 14.6 Å². The minimum absolute atomic E-state index is 0.0567. The molecule has 4 aromatic rings. The fourth-order valence-corrected chi connectivity index (χ4v) is 4.95. The van der Waals surface area contributed by atoms with Gasteiger partial charge in [0, 0.05) is 17.5 Å². The molecule has 0 aliphatic rings. The molecule has 0 saturated heterocycles. The highest BCUT2D eigenvalue weighted by Crippen LogP contribution is 2.30. The van der Waals surface area contributed by atoms with Gasteiger partial charge in [0.1, 0.15) is 5.75 Å². The molecule has 0 spiro atoms. The van der Waals surface area contributed by atoms with Crippen molar-refractivity contribution in [1.82, 2.24) is 9.78 Å². The van der Waals surface area contributed by atoms with Crippen molar-refractivity contribution in [3.63, 3.8) is 0 Å². The van der Waals surface area contributed by atoms with Gasteiger partial charge in [-0.3, -0.25) is 4.79 Å². The Morgan fingerprint density at radius 2 is 1.59 bits per heavy atom. The molecule has 0 aliphatic heterocycles. The van der Waals surface area contributed by atoms with Crippen molar-refractivity contribution in [2.45, 2.75) is 36.8 Å². The van der Waals surface area contributed by atoms with E-state index < -0.39 is 12.1 Å². The Balaban J connectivity index is 1.42. The number of methoxy groups -OCH3 is 1. The number of rotatable bonds is 11. The Morgan fingerprint density at radius 1 is 0.919 bits per heavy atom. The molecule has 0 aliphatic carbocycles. The smallest absolute Gasteiger partial charge is 0.346 e. The predicted octanol–water partition coefficient (Wildman–Crippen LogP) is 5.55. The number of hydrogen-bond donors (Lipinski definition) is 0. The molecule has 3 aromatic carbocycles. The summed E-state index contributed by atoms with van der Waals surface area (Å²) in [5, 5.41) is 4.77. The van der Waals surface area contributed by atoms with E-state index in [-0.39, 0.29) is 11.5 Å². The Bertz CT molecular complexity index is 1320. The van der Waals surface area contributed by atoms with E-state index in [2.05, 4.69) is 24.3 Å². The first-order chi connectivity index (χ1) is 18.0. The molecule has 0 amide bonds. The topological polar surface area (TPSA) is 70.4 Å². The largest absolute Gasteiger partial charge is 0.479 e. The van der Waals surface area contributed by atoms with E-state index in [1.165, 1.54) is 7.11 Å². The fourth-order valence-electron chi connectivity index (χ4n) is 4.06. The normalized spacial score (nSPS) is 11.8. The van der Waals surface area contributed by atoms with Crippen LogP contribution in [0.1, 0.15) is 36.1 Å². The third kappa shape index (κ3) is 7.11. The molecule has 0 N–H and O–H groups in total. The maximum Gasteiger partial charge on any atom is 0.346 e. The second-order valence-electron chi connectivity index (χ2n) is 8.53. The standard InChI is InChI=1S/C30H30N2O4S/c1-22(30(34)35-2)36-25-15-9-16-26(21-25)37-20-10-19-32-28(33)18-17-27(31-32)29(23-11-5-3-6-12-23)24-13-7-4-8-14-24/h3-9,11-18,21-22,29H,10,19-20H2,1-2H3/t22-/m0/s1. The van der Waals surface area contributed by atoms with Crippen LogP contribution in [-0.4, -0.2) is 34.7 Å². The molecular weight excluding hydrogens is 484 g/mol. The number of hydrogen-bond acceptors (Lipinski definition) is 6. The summed E-state index contributed by atoms with van der Waals surface area (Å²) in [5.41, 5.74) is 2.99. The molecule has 4 rings (SSSR count). The molecule has 6 nitrogen and oxygen atoms in total. The summed E-state index contributed by atoms with van der Waals surface area (Å²) in [6, 6.07) is 31.5. The van der Waals surface area contributed by atoms with E-state index >= 15 is 0 Å². The molecule has 37 heavy (non-hydrogen) atoms. The lowest BCUT2D eigenvalue weighted by Crippen LogP contribution is -2.25. The van der Waals surface area contributed by atoms with Gasteiger partial charge in [0.2, 0.25) is 0 Å². The zero-order valence-corrected chi connectivity index (χ0v) is 21.8. The van der Waals surface area contributed by atoms with Crippen LogP contribution >= 0.6 is 11.8 Å². The number of carbonyl (C=O) groups excluding carboxylic acids is 1. The van der Waals surface area contributed by atoms with Gasteiger partial charge in [0.15, 0.2) is 6.10 Å². The first-order valence-corrected chi connectivity index (χ1v) is 13.2. The summed E-state index contributed by atoms with van der Waals surface area (Å²) in [6.45, 7) is 2.18. The van der Waals surface area contributed by atoms with E-state index in [0.29, 0.717) is 12.3 Å². The van der Waals surface area contributed by atoms with Crippen LogP contribution in [0.15, 0.2) is 107 Å². The zero-order chi connectivity index (χ0) is 26.0. The van der Waals surface area contributed by atoms with Crippen LogP contribution in [0, 0.1) is 0 Å². The predicted molar refractivity (Wildman–Crippen MR) is 146 cm³/mol. The molecule has 1 heterocycles. The number of ether oxygens (including phenoxy) is 2. The third-order valence-electron chi connectivity index (χ3n) is 5.88. The van der Waals surface area contributed by atoms with Crippen molar-refractivity contribution in [2.75, 3.05) is 12.9 Å². The molecule has 0 bridgehead atoms. The van der Waals surface area contributed by atoms with Crippen molar-refractivity contribution in [3.05, 3.63) is 124 Å². The van der Waals surface area contributed by atoms with Gasteiger partial charge in [0.25, 0.3) is 5.56 Å². The molecule has 190 valence electrons. The van der Waals surface area contributed by atoms with Crippen LogP contribution < -0.4 is 10.3 Å². The number of benzene rings is 3. The Hall–Kier alpha value is -3.84. The first-order valence-electron chi connectivity index (χ1n) is 12.2. The summed E-state index contributed by atoms with van der Waals surface area (Å²) in [7, 11) is 1.34. The number of nitrogens with zero attached hydrogens (tertiary/aromatic N) is 2. The molecular formula is C30H30N2O4S. The maximum absolute atomic E-state index is 12.6. The molecule has 0 fully saturated rings. The van der Waals surface area contributed by atoms with E-state index in [1.54, 1.807) is 29.4 Å². The summed E-state index contributed by atoms with van der Waals surface area (Å²) in [5.74, 6) is 0.940. The lowest BCUT2D eigenvalue weighted by molar-refractivity contribution is -0.147. The number of aromatic nitrogens is 2. The summed E-state index contributed by atoms with van der Waals surface area (Å²) >= 11 is 1.67. The molecule has 1 aromatic heterocycles. The lowest BCUT2D eigenvalue weighted by Gasteiger charge is -2.18. The summed E-state index contributed by atoms with van der Waals surface area (Å²) in [4.78, 5) is 25.2. The minimum atomic E-state index is -0.675. The average Bonchev–Trinajstić information content (AvgIpc) is 2.93. The van der Waals surface area contributed by atoms with Gasteiger partial charge in [-0.15, -0.1) is 11.8 Å². The third-order valence-corrected chi connectivity index (χ3v) is 6.96. The van der Waals surface area contributed by atoms with Crippen molar-refractivity contribution in [2.24, 2.45) is 0 Å². The zero-order valence-electron chi connectivity index (χ0n) is 20.9. The number of thioether (sulfide) groups is 1. The van der Waals surface area contributed by atoms with E-state index in [9.17, 15) is 9.59 Å². The number of esters is 1. The van der Waals surface area contributed by atoms with Crippen molar-refractivity contribution >= 4 is 17.7 Å². The molecule has 0 saturated carbocycles. The van der Waals surface area contributed by atoms with Crippen molar-refractivity contribution < 1.29 is 14.3 Å². The number of aryl methyl sites for hydroxylation is 1. The SMILES string of the molecule is COC(=O)[C@H](C)Oc1cccc(SCCCn2nc(C(c3ccccc3)c3ccccc3)ccc2=O)c1. The van der Waals surface area contributed by atoms with Crippen LogP contribution in [0.25, 0.3) is 0 Å². The highest BCUT2D eigenvalue weighted by atomic mass is 32.2. The number of carbonyl (C=O) groups is 1. The van der Waals surface area contributed by atoms with Crippen LogP contribution in [0.5, 0.6) is 5.75 Å². The van der Waals surface area contributed by atoms with Crippen LogP contribution in [0.2, 0.25) is 0 Å². The monoisotopic (exact) mass is 514 g/mol. The minimum Gasteiger partial charge on any atom is -0.479 e. The van der Waals surface area contributed by atoms with E-state index in [0.717, 1.165) is 33.9 Å². The van der Waals surface area contributed by atoms with Crippen molar-refractivity contribution in [3.8, 4) is 5.75 Å². The van der Waals surface area contributed by atoms with Crippen LogP contribution in [0.4, 0.5) is 0 Å². The highest BCUT2D eigenvalue weighted by molar-refractivity contribution is 7.99. The average molecular weight is 515 g/mol. The van der Waals surface area contributed by atoms with Gasteiger partial charge in [-0.25, -0.2) is 9.48 Å². The molecule has 0 radical (unpaired) electrons. The van der Waals surface area contributed by atoms with E-state index in [1.807, 2.05) is 66.7 Å². The quantitative estimate of drug-likeness (QED) is 0.149. The Morgan fingerprint density at radius 3 is 2.24 bits per heavy atom. The second-order valence-corrected chi connectivity index (χ2v) is 9.70. The Labute approximate surface area is 221 Å². The van der Waals surface area contributed by atoms with Gasteiger partial charge >= 0.3 is 5.97 Å². The fraction of sp³-hybridized carbons (Fsp3) is 0.233. The first kappa shape index (κ1) is 26.2. The molecule has 0 unspecified atom stereocenters. The van der Waals surface area contributed by atoms with Gasteiger partial charge in [-0.05, 0) is 54.5 Å². The second kappa shape index (κ2) is 12.9. The van der Waals surface area contributed by atoms with Crippen molar-refractivity contribution in [1.29, 1.82) is 0 Å². The maximum atomic E-state index is 12.6. The molecule has 7 heteroatoms. The highest BCUT2D eigenvalue weighted by Gasteiger charge is 2.19. The van der Waals surface area contributed by atoms with Crippen LogP contribution in [0.3, 0.4) is 0 Å². The summed E-state index contributed by atoms with van der Waals surface area (Å²) < 4.78 is 11.9. The van der Waals surface area contributed by atoms with Gasteiger partial charge in [0.05, 0.1) is 18.7 Å².